The lowest BCUT2D eigenvalue weighted by Gasteiger charge is -2.06. The Labute approximate surface area is 181 Å². The number of benzene rings is 2. The molecule has 1 amide bonds. The van der Waals surface area contributed by atoms with Gasteiger partial charge in [-0.25, -0.2) is 14.4 Å². The number of thiazole rings is 1. The van der Waals surface area contributed by atoms with Crippen LogP contribution >= 0.6 is 11.3 Å². The number of hydrogen-bond donors (Lipinski definition) is 1. The minimum absolute atomic E-state index is 0.123. The summed E-state index contributed by atoms with van der Waals surface area (Å²) in [4.78, 5) is 33.4. The fourth-order valence-corrected chi connectivity index (χ4v) is 3.70. The first-order chi connectivity index (χ1) is 15.0. The number of amides is 1. The number of ether oxygens (including phenoxy) is 1. The largest absolute Gasteiger partial charge is 0.494 e. The molecule has 0 fully saturated rings. The van der Waals surface area contributed by atoms with Crippen LogP contribution in [0.4, 0.5) is 9.52 Å². The van der Waals surface area contributed by atoms with Crippen molar-refractivity contribution in [1.82, 2.24) is 14.5 Å². The number of carbonyl (C=O) groups excluding carboxylic acids is 1. The fourth-order valence-electron chi connectivity index (χ4n) is 2.96. The van der Waals surface area contributed by atoms with Gasteiger partial charge in [0, 0.05) is 10.9 Å². The maximum Gasteiger partial charge on any atom is 0.261 e. The van der Waals surface area contributed by atoms with Crippen LogP contribution in [0.15, 0.2) is 59.0 Å². The van der Waals surface area contributed by atoms with E-state index in [2.05, 4.69) is 15.3 Å². The number of fused-ring (bicyclic) bond motifs is 1. The summed E-state index contributed by atoms with van der Waals surface area (Å²) in [5, 5.41) is 5.07. The minimum atomic E-state index is -0.533. The second kappa shape index (κ2) is 9.05. The SMILES string of the molecule is CCCOc1ccc(-c2csc(NC(=O)Cn3cnc4ccc(F)cc4c3=O)n2)cc1. The predicted molar refractivity (Wildman–Crippen MR) is 118 cm³/mol. The van der Waals surface area contributed by atoms with Crippen LogP contribution in [-0.4, -0.2) is 27.0 Å². The topological polar surface area (TPSA) is 86.1 Å². The lowest BCUT2D eigenvalue weighted by Crippen LogP contribution is -2.27. The zero-order valence-corrected chi connectivity index (χ0v) is 17.5. The smallest absolute Gasteiger partial charge is 0.261 e. The van der Waals surface area contributed by atoms with Crippen molar-refractivity contribution in [3.05, 3.63) is 70.3 Å². The van der Waals surface area contributed by atoms with Crippen molar-refractivity contribution < 1.29 is 13.9 Å². The van der Waals surface area contributed by atoms with Crippen LogP contribution in [0.5, 0.6) is 5.75 Å². The van der Waals surface area contributed by atoms with Gasteiger partial charge in [0.1, 0.15) is 18.1 Å². The summed E-state index contributed by atoms with van der Waals surface area (Å²) < 4.78 is 20.2. The number of anilines is 1. The maximum absolute atomic E-state index is 13.4. The molecule has 0 atom stereocenters. The Morgan fingerprint density at radius 3 is 2.81 bits per heavy atom. The molecule has 0 radical (unpaired) electrons. The lowest BCUT2D eigenvalue weighted by atomic mass is 10.2. The van der Waals surface area contributed by atoms with Gasteiger partial charge in [0.2, 0.25) is 5.91 Å². The fraction of sp³-hybridized carbons (Fsp3) is 0.182. The van der Waals surface area contributed by atoms with Crippen LogP contribution in [0.1, 0.15) is 13.3 Å². The molecule has 31 heavy (non-hydrogen) atoms. The van der Waals surface area contributed by atoms with Gasteiger partial charge in [-0.15, -0.1) is 11.3 Å². The lowest BCUT2D eigenvalue weighted by molar-refractivity contribution is -0.116. The molecule has 2 heterocycles. The Morgan fingerprint density at radius 2 is 2.03 bits per heavy atom. The van der Waals surface area contributed by atoms with Gasteiger partial charge in [-0.1, -0.05) is 6.92 Å². The highest BCUT2D eigenvalue weighted by atomic mass is 32.1. The molecule has 1 N–H and O–H groups in total. The molecule has 2 aromatic heterocycles. The highest BCUT2D eigenvalue weighted by Crippen LogP contribution is 2.26. The average molecular weight is 438 g/mol. The van der Waals surface area contributed by atoms with E-state index in [9.17, 15) is 14.0 Å². The third-order valence-electron chi connectivity index (χ3n) is 4.47. The van der Waals surface area contributed by atoms with Gasteiger partial charge in [0.05, 0.1) is 29.5 Å². The van der Waals surface area contributed by atoms with Crippen LogP contribution < -0.4 is 15.6 Å². The van der Waals surface area contributed by atoms with Crippen LogP contribution in [0.2, 0.25) is 0 Å². The van der Waals surface area contributed by atoms with E-state index in [0.29, 0.717) is 17.3 Å². The molecule has 0 bridgehead atoms. The number of aromatic nitrogens is 3. The molecule has 0 saturated heterocycles. The van der Waals surface area contributed by atoms with Crippen molar-refractivity contribution in [2.45, 2.75) is 19.9 Å². The van der Waals surface area contributed by atoms with Gasteiger partial charge in [0.15, 0.2) is 5.13 Å². The quantitative estimate of drug-likeness (QED) is 0.470. The maximum atomic E-state index is 13.4. The average Bonchev–Trinajstić information content (AvgIpc) is 3.23. The highest BCUT2D eigenvalue weighted by molar-refractivity contribution is 7.14. The normalized spacial score (nSPS) is 10.9. The molecule has 4 rings (SSSR count). The van der Waals surface area contributed by atoms with Crippen LogP contribution in [-0.2, 0) is 11.3 Å². The summed E-state index contributed by atoms with van der Waals surface area (Å²) in [7, 11) is 0. The molecule has 9 heteroatoms. The van der Waals surface area contributed by atoms with E-state index in [0.717, 1.165) is 34.1 Å². The molecule has 4 aromatic rings. The molecule has 7 nitrogen and oxygen atoms in total. The second-order valence-corrected chi connectivity index (χ2v) is 7.66. The molecule has 0 unspecified atom stereocenters. The molecule has 2 aromatic carbocycles. The van der Waals surface area contributed by atoms with Crippen molar-refractivity contribution in [3.8, 4) is 17.0 Å². The van der Waals surface area contributed by atoms with Crippen molar-refractivity contribution in [1.29, 1.82) is 0 Å². The molecular weight excluding hydrogens is 419 g/mol. The first-order valence-electron chi connectivity index (χ1n) is 9.67. The standard InChI is InChI=1S/C22H19FN4O3S/c1-2-9-30-16-6-3-14(4-7-16)19-12-31-22(25-19)26-20(28)11-27-13-24-18-8-5-15(23)10-17(18)21(27)29/h3-8,10,12-13H,2,9,11H2,1H3,(H,25,26,28). The zero-order valence-electron chi connectivity index (χ0n) is 16.7. The second-order valence-electron chi connectivity index (χ2n) is 6.80. The highest BCUT2D eigenvalue weighted by Gasteiger charge is 2.12. The number of carbonyl (C=O) groups is 1. The van der Waals surface area contributed by atoms with Crippen LogP contribution in [0.25, 0.3) is 22.2 Å². The summed E-state index contributed by atoms with van der Waals surface area (Å²) in [6.45, 7) is 2.46. The van der Waals surface area contributed by atoms with Gasteiger partial charge in [0.25, 0.3) is 5.56 Å². The predicted octanol–water partition coefficient (Wildman–Crippen LogP) is 4.09. The molecule has 0 aliphatic rings. The Kier molecular flexibility index (Phi) is 6.03. The Hall–Kier alpha value is -3.59. The monoisotopic (exact) mass is 438 g/mol. The summed E-state index contributed by atoms with van der Waals surface area (Å²) >= 11 is 1.28. The van der Waals surface area contributed by atoms with Gasteiger partial charge in [-0.05, 0) is 48.9 Å². The van der Waals surface area contributed by atoms with E-state index >= 15 is 0 Å². The summed E-state index contributed by atoms with van der Waals surface area (Å²) in [6.07, 6.45) is 2.22. The van der Waals surface area contributed by atoms with Crippen molar-refractivity contribution in [3.63, 3.8) is 0 Å². The van der Waals surface area contributed by atoms with Crippen molar-refractivity contribution in [2.24, 2.45) is 0 Å². The van der Waals surface area contributed by atoms with E-state index < -0.39 is 17.3 Å². The molecule has 0 saturated carbocycles. The summed E-state index contributed by atoms with van der Waals surface area (Å²) in [5.41, 5.74) is 1.52. The van der Waals surface area contributed by atoms with Crippen molar-refractivity contribution in [2.75, 3.05) is 11.9 Å². The zero-order chi connectivity index (χ0) is 21.8. The molecule has 0 spiro atoms. The third kappa shape index (κ3) is 4.77. The van der Waals surface area contributed by atoms with Crippen molar-refractivity contribution >= 4 is 33.3 Å². The van der Waals surface area contributed by atoms with Crippen LogP contribution in [0.3, 0.4) is 0 Å². The number of halogens is 1. The van der Waals surface area contributed by atoms with Gasteiger partial charge < -0.3 is 10.1 Å². The number of rotatable bonds is 7. The minimum Gasteiger partial charge on any atom is -0.494 e. The first-order valence-corrected chi connectivity index (χ1v) is 10.5. The van der Waals surface area contributed by atoms with E-state index in [1.54, 1.807) is 0 Å². The Bertz CT molecular complexity index is 1280. The van der Waals surface area contributed by atoms with Crippen LogP contribution in [0, 0.1) is 5.82 Å². The molecule has 0 aliphatic carbocycles. The molecule has 0 aliphatic heterocycles. The summed E-state index contributed by atoms with van der Waals surface area (Å²) in [5.74, 6) is -0.165. The van der Waals surface area contributed by atoms with E-state index in [-0.39, 0.29) is 11.9 Å². The van der Waals surface area contributed by atoms with E-state index in [1.165, 1.54) is 29.8 Å². The Morgan fingerprint density at radius 1 is 1.23 bits per heavy atom. The van der Waals surface area contributed by atoms with Gasteiger partial charge in [-0.3, -0.25) is 14.2 Å². The molecule has 158 valence electrons. The van der Waals surface area contributed by atoms with E-state index in [1.807, 2.05) is 36.6 Å². The number of hydrogen-bond acceptors (Lipinski definition) is 6. The number of nitrogens with zero attached hydrogens (tertiary/aromatic N) is 3. The number of nitrogens with one attached hydrogen (secondary N) is 1. The summed E-state index contributed by atoms with van der Waals surface area (Å²) in [6, 6.07) is 11.4. The third-order valence-corrected chi connectivity index (χ3v) is 5.23. The van der Waals surface area contributed by atoms with Gasteiger partial charge in [-0.2, -0.15) is 0 Å². The first kappa shape index (κ1) is 20.7. The van der Waals surface area contributed by atoms with Gasteiger partial charge >= 0.3 is 0 Å². The van der Waals surface area contributed by atoms with E-state index in [4.69, 9.17) is 4.74 Å². The Balaban J connectivity index is 1.44. The molecular formula is C22H19FN4O3S.